The van der Waals surface area contributed by atoms with E-state index in [1.165, 1.54) is 5.56 Å². The summed E-state index contributed by atoms with van der Waals surface area (Å²) in [5.41, 5.74) is 2.13. The number of aromatic nitrogens is 1. The molecule has 0 atom stereocenters. The van der Waals surface area contributed by atoms with Crippen LogP contribution in [0.15, 0.2) is 30.5 Å². The Morgan fingerprint density at radius 2 is 2.18 bits per heavy atom. The van der Waals surface area contributed by atoms with Crippen LogP contribution >= 0.6 is 0 Å². The van der Waals surface area contributed by atoms with Crippen molar-refractivity contribution in [3.05, 3.63) is 41.7 Å². The predicted molar refractivity (Wildman–Crippen MR) is 67.1 cm³/mol. The minimum atomic E-state index is -0.782. The third-order valence-electron chi connectivity index (χ3n) is 2.90. The van der Waals surface area contributed by atoms with Crippen molar-refractivity contribution in [1.29, 1.82) is 0 Å². The summed E-state index contributed by atoms with van der Waals surface area (Å²) in [6, 6.07) is 8.24. The number of carbonyl (C=O) groups is 1. The van der Waals surface area contributed by atoms with Crippen LogP contribution in [0.25, 0.3) is 10.8 Å². The topological polar surface area (TPSA) is 50.2 Å². The van der Waals surface area contributed by atoms with Crippen LogP contribution in [0.4, 0.5) is 0 Å². The molecular weight excluding hydrogens is 214 g/mol. The number of benzene rings is 1. The van der Waals surface area contributed by atoms with Crippen molar-refractivity contribution in [3.63, 3.8) is 0 Å². The van der Waals surface area contributed by atoms with Crippen molar-refractivity contribution < 1.29 is 9.90 Å². The zero-order valence-corrected chi connectivity index (χ0v) is 9.81. The van der Waals surface area contributed by atoms with Gasteiger partial charge in [0.1, 0.15) is 0 Å². The van der Waals surface area contributed by atoms with Crippen molar-refractivity contribution >= 4 is 16.7 Å². The highest BCUT2D eigenvalue weighted by Gasteiger charge is 2.05. The average Bonchev–Trinajstić information content (AvgIpc) is 2.35. The fourth-order valence-corrected chi connectivity index (χ4v) is 1.92. The molecule has 17 heavy (non-hydrogen) atoms. The molecule has 0 aliphatic carbocycles. The van der Waals surface area contributed by atoms with Crippen LogP contribution in [0.2, 0.25) is 0 Å². The van der Waals surface area contributed by atoms with Crippen molar-refractivity contribution in [2.24, 2.45) is 0 Å². The lowest BCUT2D eigenvalue weighted by Crippen LogP contribution is -2.00. The first-order chi connectivity index (χ1) is 8.20. The summed E-state index contributed by atoms with van der Waals surface area (Å²) in [7, 11) is 0. The van der Waals surface area contributed by atoms with Gasteiger partial charge in [-0.1, -0.05) is 19.1 Å². The van der Waals surface area contributed by atoms with Gasteiger partial charge in [-0.05, 0) is 29.5 Å². The standard InChI is InChI=1S/C14H15NO2/c1-2-10-3-4-11-7-8-15-13(12(11)9-10)5-6-14(16)17/h3-4,7-9H,2,5-6H2,1H3,(H,16,17). The number of pyridine rings is 1. The molecule has 2 aromatic rings. The van der Waals surface area contributed by atoms with E-state index < -0.39 is 5.97 Å². The molecule has 1 N–H and O–H groups in total. The summed E-state index contributed by atoms with van der Waals surface area (Å²) >= 11 is 0. The Bertz CT molecular complexity index is 549. The number of carboxylic acid groups (broad SMARTS) is 1. The minimum Gasteiger partial charge on any atom is -0.481 e. The Hall–Kier alpha value is -1.90. The van der Waals surface area contributed by atoms with Crippen LogP contribution in [-0.4, -0.2) is 16.1 Å². The first-order valence-electron chi connectivity index (χ1n) is 5.79. The van der Waals surface area contributed by atoms with Crippen LogP contribution < -0.4 is 0 Å². The van der Waals surface area contributed by atoms with Gasteiger partial charge in [0.15, 0.2) is 0 Å². The van der Waals surface area contributed by atoms with Gasteiger partial charge in [-0.15, -0.1) is 0 Å². The Labute approximate surface area is 100 Å². The summed E-state index contributed by atoms with van der Waals surface area (Å²) in [4.78, 5) is 14.9. The molecular formula is C14H15NO2. The first-order valence-corrected chi connectivity index (χ1v) is 5.79. The number of fused-ring (bicyclic) bond motifs is 1. The number of aliphatic carboxylic acids is 1. The summed E-state index contributed by atoms with van der Waals surface area (Å²) in [6.45, 7) is 2.11. The van der Waals surface area contributed by atoms with Crippen LogP contribution in [0.5, 0.6) is 0 Å². The van der Waals surface area contributed by atoms with E-state index in [2.05, 4.69) is 30.1 Å². The molecule has 0 unspecified atom stereocenters. The van der Waals surface area contributed by atoms with Gasteiger partial charge in [0.2, 0.25) is 0 Å². The number of aryl methyl sites for hydroxylation is 2. The van der Waals surface area contributed by atoms with Crippen molar-refractivity contribution in [1.82, 2.24) is 4.98 Å². The van der Waals surface area contributed by atoms with Crippen LogP contribution in [-0.2, 0) is 17.6 Å². The quantitative estimate of drug-likeness (QED) is 0.877. The second kappa shape index (κ2) is 4.95. The number of nitrogens with zero attached hydrogens (tertiary/aromatic N) is 1. The van der Waals surface area contributed by atoms with Gasteiger partial charge in [-0.2, -0.15) is 0 Å². The zero-order chi connectivity index (χ0) is 12.3. The van der Waals surface area contributed by atoms with E-state index in [1.807, 2.05) is 6.07 Å². The predicted octanol–water partition coefficient (Wildman–Crippen LogP) is 2.81. The molecule has 3 heteroatoms. The average molecular weight is 229 g/mol. The number of hydrogen-bond donors (Lipinski definition) is 1. The Balaban J connectivity index is 2.43. The van der Waals surface area contributed by atoms with Crippen molar-refractivity contribution in [3.8, 4) is 0 Å². The third kappa shape index (κ3) is 2.61. The lowest BCUT2D eigenvalue weighted by molar-refractivity contribution is -0.136. The second-order valence-corrected chi connectivity index (χ2v) is 4.06. The molecule has 0 aliphatic rings. The van der Waals surface area contributed by atoms with E-state index in [0.29, 0.717) is 6.42 Å². The molecule has 0 saturated carbocycles. The zero-order valence-electron chi connectivity index (χ0n) is 9.81. The molecule has 0 aliphatic heterocycles. The van der Waals surface area contributed by atoms with Crippen LogP contribution in [0.3, 0.4) is 0 Å². The fourth-order valence-electron chi connectivity index (χ4n) is 1.92. The molecule has 1 aromatic carbocycles. The highest BCUT2D eigenvalue weighted by molar-refractivity contribution is 5.85. The SMILES string of the molecule is CCc1ccc2ccnc(CCC(=O)O)c2c1. The number of carboxylic acids is 1. The van der Waals surface area contributed by atoms with Crippen molar-refractivity contribution in [2.75, 3.05) is 0 Å². The van der Waals surface area contributed by atoms with Gasteiger partial charge in [0.25, 0.3) is 0 Å². The fraction of sp³-hybridized carbons (Fsp3) is 0.286. The summed E-state index contributed by atoms with van der Waals surface area (Å²) in [5, 5.41) is 10.9. The molecule has 0 amide bonds. The molecule has 2 rings (SSSR count). The van der Waals surface area contributed by atoms with E-state index in [-0.39, 0.29) is 6.42 Å². The molecule has 0 saturated heterocycles. The molecule has 88 valence electrons. The molecule has 1 aromatic heterocycles. The Morgan fingerprint density at radius 3 is 2.88 bits per heavy atom. The lowest BCUT2D eigenvalue weighted by Gasteiger charge is -2.06. The normalized spacial score (nSPS) is 10.6. The summed E-state index contributed by atoms with van der Waals surface area (Å²) < 4.78 is 0. The molecule has 0 radical (unpaired) electrons. The Morgan fingerprint density at radius 1 is 1.35 bits per heavy atom. The van der Waals surface area contributed by atoms with Gasteiger partial charge in [-0.25, -0.2) is 0 Å². The lowest BCUT2D eigenvalue weighted by atomic mass is 10.0. The number of rotatable bonds is 4. The van der Waals surface area contributed by atoms with Gasteiger partial charge < -0.3 is 5.11 Å². The first kappa shape index (κ1) is 11.6. The van der Waals surface area contributed by atoms with Crippen LogP contribution in [0, 0.1) is 0 Å². The van der Waals surface area contributed by atoms with E-state index >= 15 is 0 Å². The van der Waals surface area contributed by atoms with E-state index in [9.17, 15) is 4.79 Å². The maximum absolute atomic E-state index is 10.6. The minimum absolute atomic E-state index is 0.127. The molecule has 0 spiro atoms. The highest BCUT2D eigenvalue weighted by atomic mass is 16.4. The molecule has 0 fully saturated rings. The van der Waals surface area contributed by atoms with Crippen molar-refractivity contribution in [2.45, 2.75) is 26.2 Å². The Kier molecular flexibility index (Phi) is 3.38. The molecule has 3 nitrogen and oxygen atoms in total. The van der Waals surface area contributed by atoms with E-state index in [0.717, 1.165) is 22.9 Å². The maximum atomic E-state index is 10.6. The van der Waals surface area contributed by atoms with Gasteiger partial charge in [0, 0.05) is 23.7 Å². The molecule has 0 bridgehead atoms. The second-order valence-electron chi connectivity index (χ2n) is 4.06. The van der Waals surface area contributed by atoms with Gasteiger partial charge >= 0.3 is 5.97 Å². The smallest absolute Gasteiger partial charge is 0.303 e. The monoisotopic (exact) mass is 229 g/mol. The number of hydrogen-bond acceptors (Lipinski definition) is 2. The third-order valence-corrected chi connectivity index (χ3v) is 2.90. The van der Waals surface area contributed by atoms with E-state index in [4.69, 9.17) is 5.11 Å². The summed E-state index contributed by atoms with van der Waals surface area (Å²) in [6.07, 6.45) is 3.33. The van der Waals surface area contributed by atoms with Gasteiger partial charge in [-0.3, -0.25) is 9.78 Å². The summed E-state index contributed by atoms with van der Waals surface area (Å²) in [5.74, 6) is -0.782. The molecule has 1 heterocycles. The largest absolute Gasteiger partial charge is 0.481 e. The highest BCUT2D eigenvalue weighted by Crippen LogP contribution is 2.20. The maximum Gasteiger partial charge on any atom is 0.303 e. The van der Waals surface area contributed by atoms with Crippen LogP contribution in [0.1, 0.15) is 24.6 Å². The van der Waals surface area contributed by atoms with E-state index in [1.54, 1.807) is 6.20 Å². The van der Waals surface area contributed by atoms with Gasteiger partial charge in [0.05, 0.1) is 6.42 Å².